The van der Waals surface area contributed by atoms with E-state index < -0.39 is 9.84 Å². The second-order valence-electron chi connectivity index (χ2n) is 5.53. The summed E-state index contributed by atoms with van der Waals surface area (Å²) in [5.74, 6) is 0.238. The highest BCUT2D eigenvalue weighted by atomic mass is 32.2. The minimum atomic E-state index is -2.89. The van der Waals surface area contributed by atoms with Gasteiger partial charge in [-0.3, -0.25) is 9.58 Å². The lowest BCUT2D eigenvalue weighted by molar-refractivity contribution is 0.271. The molecule has 2 heterocycles. The molecular weight excluding hydrogens is 262 g/mol. The topological polar surface area (TPSA) is 55.2 Å². The van der Waals surface area contributed by atoms with Crippen LogP contribution in [-0.2, 0) is 16.9 Å². The average molecular weight is 285 g/mol. The number of aryl methyl sites for hydroxylation is 2. The van der Waals surface area contributed by atoms with Gasteiger partial charge in [0.1, 0.15) is 9.84 Å². The Morgan fingerprint density at radius 2 is 2.05 bits per heavy atom. The molecule has 1 fully saturated rings. The highest BCUT2D eigenvalue weighted by Gasteiger charge is 2.30. The molecule has 5 nitrogen and oxygen atoms in total. The van der Waals surface area contributed by atoms with E-state index in [1.807, 2.05) is 18.7 Å². The van der Waals surface area contributed by atoms with Gasteiger partial charge in [0.05, 0.1) is 11.4 Å². The molecule has 0 spiro atoms. The van der Waals surface area contributed by atoms with E-state index in [-0.39, 0.29) is 5.75 Å². The van der Waals surface area contributed by atoms with Gasteiger partial charge < -0.3 is 0 Å². The van der Waals surface area contributed by atoms with Crippen LogP contribution in [0.1, 0.15) is 35.8 Å². The molecule has 19 heavy (non-hydrogen) atoms. The number of nitrogens with zero attached hydrogens (tertiary/aromatic N) is 3. The second kappa shape index (κ2) is 5.25. The summed E-state index contributed by atoms with van der Waals surface area (Å²) in [6.07, 6.45) is 3.53. The smallest absolute Gasteiger partial charge is 0.148 e. The largest absolute Gasteiger partial charge is 0.295 e. The maximum Gasteiger partial charge on any atom is 0.148 e. The molecule has 1 saturated heterocycles. The molecule has 0 aliphatic carbocycles. The van der Waals surface area contributed by atoms with Crippen molar-refractivity contribution in [1.82, 2.24) is 14.7 Å². The van der Waals surface area contributed by atoms with E-state index in [1.54, 1.807) is 0 Å². The summed E-state index contributed by atoms with van der Waals surface area (Å²) in [4.78, 5) is 2.29. The Morgan fingerprint density at radius 1 is 1.37 bits per heavy atom. The Kier molecular flexibility index (Phi) is 4.01. The van der Waals surface area contributed by atoms with Gasteiger partial charge in [0.25, 0.3) is 0 Å². The molecule has 1 atom stereocenters. The van der Waals surface area contributed by atoms with Gasteiger partial charge in [-0.2, -0.15) is 5.10 Å². The van der Waals surface area contributed by atoms with Gasteiger partial charge in [0, 0.05) is 37.1 Å². The van der Waals surface area contributed by atoms with Gasteiger partial charge in [-0.15, -0.1) is 0 Å². The molecule has 108 valence electrons. The first-order chi connectivity index (χ1) is 8.79. The number of aromatic nitrogens is 2. The quantitative estimate of drug-likeness (QED) is 0.834. The van der Waals surface area contributed by atoms with Crippen LogP contribution in [0, 0.1) is 13.8 Å². The monoisotopic (exact) mass is 285 g/mol. The highest BCUT2D eigenvalue weighted by molar-refractivity contribution is 7.90. The highest BCUT2D eigenvalue weighted by Crippen LogP contribution is 2.35. The Balaban J connectivity index is 2.19. The molecule has 0 N–H and O–H groups in total. The summed E-state index contributed by atoms with van der Waals surface area (Å²) in [5, 5.41) is 4.47. The summed E-state index contributed by atoms with van der Waals surface area (Å²) >= 11 is 0. The maximum absolute atomic E-state index is 11.3. The van der Waals surface area contributed by atoms with Crippen LogP contribution < -0.4 is 0 Å². The van der Waals surface area contributed by atoms with Crippen LogP contribution in [0.15, 0.2) is 0 Å². The van der Waals surface area contributed by atoms with Gasteiger partial charge in [0.2, 0.25) is 0 Å². The summed E-state index contributed by atoms with van der Waals surface area (Å²) < 4.78 is 24.6. The molecule has 1 aliphatic heterocycles. The first-order valence-electron chi connectivity index (χ1n) is 6.71. The molecule has 0 amide bonds. The summed E-state index contributed by atoms with van der Waals surface area (Å²) in [6.45, 7) is 5.73. The molecular formula is C13H23N3O2S. The van der Waals surface area contributed by atoms with Crippen LogP contribution >= 0.6 is 0 Å². The zero-order chi connectivity index (χ0) is 14.2. The fourth-order valence-corrected chi connectivity index (χ4v) is 3.54. The van der Waals surface area contributed by atoms with Crippen molar-refractivity contribution in [3.05, 3.63) is 17.0 Å². The van der Waals surface area contributed by atoms with E-state index in [0.717, 1.165) is 25.1 Å². The summed E-state index contributed by atoms with van der Waals surface area (Å²) in [6, 6.07) is 0.329. The zero-order valence-corrected chi connectivity index (χ0v) is 13.0. The third-order valence-corrected chi connectivity index (χ3v) is 4.94. The first kappa shape index (κ1) is 14.5. The lowest BCUT2D eigenvalue weighted by Crippen LogP contribution is -2.29. The molecule has 1 aromatic heterocycles. The van der Waals surface area contributed by atoms with Crippen LogP contribution in [0.25, 0.3) is 0 Å². The predicted molar refractivity (Wildman–Crippen MR) is 75.9 cm³/mol. The van der Waals surface area contributed by atoms with Crippen molar-refractivity contribution in [1.29, 1.82) is 0 Å². The molecule has 6 heteroatoms. The third-order valence-electron chi connectivity index (χ3n) is 4.01. The Hall–Kier alpha value is -0.880. The number of rotatable bonds is 4. The molecule has 2 rings (SSSR count). The van der Waals surface area contributed by atoms with Crippen LogP contribution in [0.2, 0.25) is 0 Å². The van der Waals surface area contributed by atoms with Gasteiger partial charge in [-0.05, 0) is 33.2 Å². The molecule has 1 aromatic rings. The number of hydrogen-bond acceptors (Lipinski definition) is 4. The van der Waals surface area contributed by atoms with E-state index in [9.17, 15) is 8.42 Å². The van der Waals surface area contributed by atoms with E-state index >= 15 is 0 Å². The third kappa shape index (κ3) is 3.17. The van der Waals surface area contributed by atoms with E-state index in [0.29, 0.717) is 12.6 Å². The molecule has 1 aliphatic rings. The minimum Gasteiger partial charge on any atom is -0.295 e. The Morgan fingerprint density at radius 3 is 2.58 bits per heavy atom. The standard InChI is InChI=1S/C13H23N3O2S/c1-10-13(11(2)15(3)14-10)12-6-5-7-16(12)8-9-19(4,17)18/h12H,5-9H2,1-4H3/t12-/m0/s1. The lowest BCUT2D eigenvalue weighted by Gasteiger charge is -2.24. The zero-order valence-electron chi connectivity index (χ0n) is 12.2. The van der Waals surface area contributed by atoms with Crippen LogP contribution in [0.4, 0.5) is 0 Å². The fourth-order valence-electron chi connectivity index (χ4n) is 2.98. The van der Waals surface area contributed by atoms with Gasteiger partial charge in [-0.25, -0.2) is 8.42 Å². The van der Waals surface area contributed by atoms with Gasteiger partial charge in [0.15, 0.2) is 0 Å². The molecule has 0 radical (unpaired) electrons. The Labute approximate surface area is 115 Å². The van der Waals surface area contributed by atoms with Crippen LogP contribution in [-0.4, -0.2) is 48.2 Å². The fraction of sp³-hybridized carbons (Fsp3) is 0.769. The lowest BCUT2D eigenvalue weighted by atomic mass is 10.0. The van der Waals surface area contributed by atoms with Crippen molar-refractivity contribution in [2.45, 2.75) is 32.7 Å². The molecule has 0 unspecified atom stereocenters. The van der Waals surface area contributed by atoms with E-state index in [1.165, 1.54) is 17.5 Å². The number of hydrogen-bond donors (Lipinski definition) is 0. The summed E-state index contributed by atoms with van der Waals surface area (Å²) in [5.41, 5.74) is 3.54. The number of sulfone groups is 1. The maximum atomic E-state index is 11.3. The molecule has 0 bridgehead atoms. The van der Waals surface area contributed by atoms with Crippen LogP contribution in [0.5, 0.6) is 0 Å². The van der Waals surface area contributed by atoms with Crippen molar-refractivity contribution >= 4 is 9.84 Å². The van der Waals surface area contributed by atoms with Crippen LogP contribution in [0.3, 0.4) is 0 Å². The SMILES string of the molecule is Cc1nn(C)c(C)c1[C@@H]1CCCN1CCS(C)(=O)=O. The Bertz CT molecular complexity index is 563. The predicted octanol–water partition coefficient (Wildman–Crippen LogP) is 1.22. The first-order valence-corrected chi connectivity index (χ1v) is 8.77. The number of likely N-dealkylation sites (tertiary alicyclic amines) is 1. The average Bonchev–Trinajstić information content (AvgIpc) is 2.82. The van der Waals surface area contributed by atoms with E-state index in [2.05, 4.69) is 16.9 Å². The van der Waals surface area contributed by atoms with Crippen molar-refractivity contribution in [2.24, 2.45) is 7.05 Å². The molecule has 0 saturated carbocycles. The van der Waals surface area contributed by atoms with Gasteiger partial charge in [-0.1, -0.05) is 0 Å². The second-order valence-corrected chi connectivity index (χ2v) is 7.79. The normalized spacial score (nSPS) is 21.2. The van der Waals surface area contributed by atoms with Gasteiger partial charge >= 0.3 is 0 Å². The van der Waals surface area contributed by atoms with E-state index in [4.69, 9.17) is 0 Å². The minimum absolute atomic E-state index is 0.238. The summed E-state index contributed by atoms with van der Waals surface area (Å²) in [7, 11) is -0.935. The van der Waals surface area contributed by atoms with Crippen molar-refractivity contribution in [2.75, 3.05) is 25.1 Å². The van der Waals surface area contributed by atoms with Crippen molar-refractivity contribution in [3.63, 3.8) is 0 Å². The molecule has 0 aromatic carbocycles. The van der Waals surface area contributed by atoms with Crippen molar-refractivity contribution < 1.29 is 8.42 Å². The van der Waals surface area contributed by atoms with Crippen molar-refractivity contribution in [3.8, 4) is 0 Å².